The van der Waals surface area contributed by atoms with Gasteiger partial charge in [0, 0.05) is 95.3 Å². The molecule has 0 radical (unpaired) electrons. The Kier molecular flexibility index (Phi) is 25.8. The number of hydrogen-bond acceptors (Lipinski definition) is 16. The number of carbonyl (C=O) groups excluding carboxylic acids is 8. The molecule has 0 aromatic heterocycles. The molecule has 0 aliphatic heterocycles. The Hall–Kier alpha value is -5.28. The molecule has 16 heteroatoms. The highest BCUT2D eigenvalue weighted by Gasteiger charge is 2.72. The Morgan fingerprint density at radius 1 is 0.322 bits per heavy atom. The van der Waals surface area contributed by atoms with Crippen LogP contribution >= 0.6 is 0 Å². The molecule has 0 spiro atoms. The maximum atomic E-state index is 13.2. The third-order valence-electron chi connectivity index (χ3n) is 36.8. The van der Waals surface area contributed by atoms with Gasteiger partial charge in [0.15, 0.2) is 13.2 Å². The van der Waals surface area contributed by atoms with E-state index in [1.165, 1.54) is 212 Å². The number of carbonyl (C=O) groups is 8. The second-order valence-electron chi connectivity index (χ2n) is 45.8. The lowest BCUT2D eigenvalue weighted by molar-refractivity contribution is -0.250. The lowest BCUT2D eigenvalue weighted by atomic mass is 9.42. The SMILES string of the molecule is C=C(C)C(=O)OCC(=O)OC1(C2CCC(C)CC2)C2CC3CC1CC(C)(C3)C2.C=C(C)C(=O)OCCCCC(=O)OC1(C2CC3CC2CC3C)C2CC3CC1CC(C)(C3)C2.C=CC(=O)OCC(=O)OC1(C2CC3CC2CC3C)C2CC3CC1CC(C)(C3)C2.C=CC(=O)OCCCCC(=O)OC1(C2CCC(C)CC2)C2CC3CC1CC(C)(C3)C2. The number of fused-ring (bicyclic) bond motifs is 4. The third kappa shape index (κ3) is 17.4. The Morgan fingerprint density at radius 2 is 0.619 bits per heavy atom. The topological polar surface area (TPSA) is 210 Å². The van der Waals surface area contributed by atoms with Crippen LogP contribution in [0.15, 0.2) is 49.6 Å². The van der Waals surface area contributed by atoms with Gasteiger partial charge in [-0.05, 0) is 337 Å². The van der Waals surface area contributed by atoms with Gasteiger partial charge >= 0.3 is 47.8 Å². The normalized spacial score (nSPS) is 45.6. The van der Waals surface area contributed by atoms with Crippen molar-refractivity contribution in [2.45, 2.75) is 348 Å². The van der Waals surface area contributed by atoms with Gasteiger partial charge in [0.2, 0.25) is 0 Å². The molecule has 22 saturated carbocycles. The van der Waals surface area contributed by atoms with E-state index in [1.807, 2.05) is 0 Å². The summed E-state index contributed by atoms with van der Waals surface area (Å²) in [4.78, 5) is 97.7. The third-order valence-corrected chi connectivity index (χ3v) is 36.8. The van der Waals surface area contributed by atoms with Gasteiger partial charge < -0.3 is 37.9 Å². The fourth-order valence-electron chi connectivity index (χ4n) is 33.4. The zero-order chi connectivity index (χ0) is 83.8. The Labute approximate surface area is 708 Å². The maximum absolute atomic E-state index is 13.2. The smallest absolute Gasteiger partial charge is 0.344 e. The molecule has 0 aromatic rings. The number of hydrogen-bond donors (Lipinski definition) is 0. The van der Waals surface area contributed by atoms with Crippen LogP contribution < -0.4 is 0 Å². The van der Waals surface area contributed by atoms with E-state index in [9.17, 15) is 38.4 Å². The van der Waals surface area contributed by atoms with Gasteiger partial charge in [0.05, 0.1) is 13.2 Å². The van der Waals surface area contributed by atoms with Gasteiger partial charge in [-0.1, -0.05) is 107 Å². The molecule has 22 rings (SSSR count). The zero-order valence-corrected chi connectivity index (χ0v) is 74.5. The van der Waals surface area contributed by atoms with E-state index in [4.69, 9.17) is 37.9 Å². The van der Waals surface area contributed by atoms with Crippen molar-refractivity contribution in [2.75, 3.05) is 26.4 Å². The summed E-state index contributed by atoms with van der Waals surface area (Å²) in [6.45, 7) is 36.8. The molecule has 20 bridgehead atoms. The first-order valence-electron chi connectivity index (χ1n) is 48.2. The van der Waals surface area contributed by atoms with Crippen molar-refractivity contribution in [3.63, 3.8) is 0 Å². The lowest BCUT2D eigenvalue weighted by Crippen LogP contribution is -2.66. The minimum Gasteiger partial charge on any atom is -0.463 e. The molecule has 656 valence electrons. The van der Waals surface area contributed by atoms with Crippen LogP contribution in [-0.2, 0) is 76.3 Å². The Balaban J connectivity index is 0.000000123. The average molecular weight is 1630 g/mol. The van der Waals surface area contributed by atoms with Gasteiger partial charge in [-0.3, -0.25) is 9.59 Å². The van der Waals surface area contributed by atoms with E-state index in [2.05, 4.69) is 81.7 Å². The minimum absolute atomic E-state index is 0.00956. The highest BCUT2D eigenvalue weighted by atomic mass is 16.6. The molecule has 16 atom stereocenters. The Morgan fingerprint density at radius 3 is 0.932 bits per heavy atom. The molecule has 22 aliphatic rings. The zero-order valence-electron chi connectivity index (χ0n) is 74.5. The molecule has 22 fully saturated rings. The molecule has 16 nitrogen and oxygen atoms in total. The van der Waals surface area contributed by atoms with Crippen LogP contribution in [0.5, 0.6) is 0 Å². The van der Waals surface area contributed by atoms with E-state index in [0.29, 0.717) is 161 Å². The quantitative estimate of drug-likeness (QED) is 0.0341. The lowest BCUT2D eigenvalue weighted by Gasteiger charge is -2.66. The summed E-state index contributed by atoms with van der Waals surface area (Å²) in [6, 6.07) is 0. The van der Waals surface area contributed by atoms with Crippen molar-refractivity contribution >= 4 is 47.8 Å². The van der Waals surface area contributed by atoms with Crippen molar-refractivity contribution in [1.82, 2.24) is 0 Å². The van der Waals surface area contributed by atoms with Gasteiger partial charge in [-0.2, -0.15) is 0 Å². The second kappa shape index (κ2) is 34.7. The first kappa shape index (κ1) is 87.6. The average Bonchev–Trinajstić information content (AvgIpc) is 1.38. The second-order valence-corrected chi connectivity index (χ2v) is 45.8. The molecule has 0 saturated heterocycles. The van der Waals surface area contributed by atoms with E-state index in [-0.39, 0.29) is 65.5 Å². The fraction of sp³-hybridized carbons (Fsp3) is 0.843. The van der Waals surface area contributed by atoms with Crippen molar-refractivity contribution in [1.29, 1.82) is 0 Å². The predicted molar refractivity (Wildman–Crippen MR) is 453 cm³/mol. The number of ether oxygens (including phenoxy) is 8. The molecule has 22 aliphatic carbocycles. The first-order chi connectivity index (χ1) is 56.1. The van der Waals surface area contributed by atoms with Crippen LogP contribution in [0.25, 0.3) is 0 Å². The standard InChI is InChI=1S/C28H42O4.C26H40O4.C24H34O4.C24H36O4/c1-17(2)26(30)31-8-6-5-7-25(29)32-28(24-13-20-12-21(24)9-18(20)3)22-10-19-11-23(28)16-27(4,14-19)15-22;1-4-23(27)29-12-6-5-7-24(28)30-26(20-10-8-18(2)9-11-20)21-13-19-14-22(26)17-25(3,15-19)16-21;1-4-21(25)27-13-22(26)28-24(20-9-16-8-17(20)5-14(16)2)18-6-15-7-19(24)12-23(3,10-15)11-18;1-15(2)22(26)27-14-21(25)28-24(18-7-5-16(3)6-8-18)19-9-17-10-20(24)13-23(4,11-17)12-19/h18-24H,1,5-16H2,2-4H3;4,18-22H,1,5-17H2,2-3H3;4,14-20H,1,5-13H2,2-3H3;16-20H,1,5-14H2,2-4H3. The number of rotatable bonds is 26. The summed E-state index contributed by atoms with van der Waals surface area (Å²) in [5, 5.41) is 0. The van der Waals surface area contributed by atoms with Gasteiger partial charge in [0.25, 0.3) is 0 Å². The van der Waals surface area contributed by atoms with Crippen molar-refractivity contribution < 1.29 is 76.3 Å². The fourth-order valence-corrected chi connectivity index (χ4v) is 33.4. The molecular weight excluding hydrogens is 1480 g/mol. The van der Waals surface area contributed by atoms with Gasteiger partial charge in [-0.15, -0.1) is 0 Å². The highest BCUT2D eigenvalue weighted by Crippen LogP contribution is 2.74. The number of unbranched alkanes of at least 4 members (excludes halogenated alkanes) is 2. The summed E-state index contributed by atoms with van der Waals surface area (Å²) in [5.41, 5.74) is 1.51. The van der Waals surface area contributed by atoms with Crippen LogP contribution in [-0.4, -0.2) is 96.6 Å². The van der Waals surface area contributed by atoms with Crippen molar-refractivity contribution in [3.8, 4) is 0 Å². The molecule has 0 aromatic carbocycles. The summed E-state index contributed by atoms with van der Waals surface area (Å²) in [6.07, 6.45) is 48.7. The summed E-state index contributed by atoms with van der Waals surface area (Å²) in [5.74, 6) is 13.4. The first-order valence-corrected chi connectivity index (χ1v) is 48.2. The molecular formula is C102H152O16. The van der Waals surface area contributed by atoms with E-state index in [0.717, 1.165) is 84.0 Å². The maximum Gasteiger partial charge on any atom is 0.344 e. The van der Waals surface area contributed by atoms with Crippen LogP contribution in [0.1, 0.15) is 326 Å². The molecule has 0 amide bonds. The summed E-state index contributed by atoms with van der Waals surface area (Å²) >= 11 is 0. The van der Waals surface area contributed by atoms with E-state index in [1.54, 1.807) is 13.8 Å². The van der Waals surface area contributed by atoms with Crippen molar-refractivity contribution in [2.24, 2.45) is 164 Å². The Bertz CT molecular complexity index is 3680. The molecule has 0 heterocycles. The van der Waals surface area contributed by atoms with Crippen LogP contribution in [0, 0.1) is 164 Å². The van der Waals surface area contributed by atoms with Gasteiger partial charge in [0.1, 0.15) is 22.4 Å². The monoisotopic (exact) mass is 1630 g/mol. The predicted octanol–water partition coefficient (Wildman–Crippen LogP) is 21.5. The summed E-state index contributed by atoms with van der Waals surface area (Å²) in [7, 11) is 0. The largest absolute Gasteiger partial charge is 0.463 e. The van der Waals surface area contributed by atoms with Crippen LogP contribution in [0.4, 0.5) is 0 Å². The van der Waals surface area contributed by atoms with E-state index >= 15 is 0 Å². The van der Waals surface area contributed by atoms with E-state index < -0.39 is 17.9 Å². The van der Waals surface area contributed by atoms with Crippen LogP contribution in [0.2, 0.25) is 0 Å². The molecule has 118 heavy (non-hydrogen) atoms. The van der Waals surface area contributed by atoms with Crippen LogP contribution in [0.3, 0.4) is 0 Å². The molecule has 16 unspecified atom stereocenters. The van der Waals surface area contributed by atoms with Crippen molar-refractivity contribution in [3.05, 3.63) is 49.6 Å². The minimum atomic E-state index is -0.558. The van der Waals surface area contributed by atoms with Gasteiger partial charge in [-0.25, -0.2) is 28.8 Å². The number of esters is 8. The highest BCUT2D eigenvalue weighted by molar-refractivity contribution is 5.89. The summed E-state index contributed by atoms with van der Waals surface area (Å²) < 4.78 is 46.6. The molecule has 0 N–H and O–H groups in total.